The average molecular weight is 590 g/mol. The minimum atomic E-state index is -1.33. The van der Waals surface area contributed by atoms with Gasteiger partial charge in [0.15, 0.2) is 5.78 Å². The summed E-state index contributed by atoms with van der Waals surface area (Å²) in [6.07, 6.45) is 3.51. The molecule has 4 saturated heterocycles. The van der Waals surface area contributed by atoms with Gasteiger partial charge in [0, 0.05) is 37.4 Å². The molecule has 0 amide bonds. The summed E-state index contributed by atoms with van der Waals surface area (Å²) in [6.45, 7) is 3.07. The van der Waals surface area contributed by atoms with Gasteiger partial charge < -0.3 is 44.0 Å². The Labute approximate surface area is 244 Å². The second kappa shape index (κ2) is 9.83. The van der Waals surface area contributed by atoms with Crippen molar-refractivity contribution in [3.63, 3.8) is 0 Å². The third kappa shape index (κ3) is 3.45. The van der Waals surface area contributed by atoms with Crippen molar-refractivity contribution < 1.29 is 43.1 Å². The maximum absolute atomic E-state index is 13.2. The minimum Gasteiger partial charge on any atom is -0.507 e. The van der Waals surface area contributed by atoms with Crippen LogP contribution in [0.15, 0.2) is 45.1 Å². The van der Waals surface area contributed by atoms with Crippen LogP contribution in [0.4, 0.5) is 0 Å². The Morgan fingerprint density at radius 2 is 1.90 bits per heavy atom. The molecule has 6 unspecified atom stereocenters. The van der Waals surface area contributed by atoms with E-state index in [1.54, 1.807) is 33.1 Å². The molecule has 0 aromatic rings. The number of hydrogen-bond acceptors (Lipinski definition) is 11. The van der Waals surface area contributed by atoms with Gasteiger partial charge in [0.25, 0.3) is 5.79 Å². The smallest absolute Gasteiger partial charge is 0.259 e. The Morgan fingerprint density at radius 1 is 1.12 bits per heavy atom. The molecule has 3 aliphatic carbocycles. The van der Waals surface area contributed by atoms with Crippen LogP contribution in [0, 0.1) is 5.92 Å². The van der Waals surface area contributed by atoms with Gasteiger partial charge in [0.05, 0.1) is 25.2 Å². The van der Waals surface area contributed by atoms with Crippen LogP contribution in [0.5, 0.6) is 0 Å². The van der Waals surface area contributed by atoms with E-state index >= 15 is 0 Å². The number of aliphatic hydroxyl groups excluding tert-OH is 1. The van der Waals surface area contributed by atoms with Crippen molar-refractivity contribution in [3.8, 4) is 0 Å². The highest BCUT2D eigenvalue weighted by Crippen LogP contribution is 2.73. The summed E-state index contributed by atoms with van der Waals surface area (Å²) in [5, 5.41) is 11.8. The predicted octanol–water partition coefficient (Wildman–Crippen LogP) is 3.53. The second-order valence-corrected chi connectivity index (χ2v) is 13.2. The lowest BCUT2D eigenvalue weighted by molar-refractivity contribution is -0.324. The molecule has 41 heavy (non-hydrogen) atoms. The first-order valence-electron chi connectivity index (χ1n) is 14.6. The predicted molar refractivity (Wildman–Crippen MR) is 149 cm³/mol. The van der Waals surface area contributed by atoms with Gasteiger partial charge in [0.2, 0.25) is 16.8 Å². The van der Waals surface area contributed by atoms with Crippen LogP contribution in [-0.2, 0) is 38.0 Å². The summed E-state index contributed by atoms with van der Waals surface area (Å²) in [6, 6.07) is 0. The number of epoxide rings is 1. The molecule has 0 aromatic carbocycles. The molecule has 6 atom stereocenters. The van der Waals surface area contributed by atoms with E-state index in [1.807, 2.05) is 0 Å². The summed E-state index contributed by atoms with van der Waals surface area (Å²) < 4.78 is 44.6. The topological polar surface area (TPSA) is 131 Å². The lowest BCUT2D eigenvalue weighted by atomic mass is 9.69. The van der Waals surface area contributed by atoms with E-state index < -0.39 is 34.8 Å². The molecular formula is C30H39NO9S. The van der Waals surface area contributed by atoms with Crippen LogP contribution in [0.1, 0.15) is 51.9 Å². The molecule has 5 fully saturated rings. The molecule has 11 heteroatoms. The number of allylic oxidation sites excluding steroid dienone is 5. The van der Waals surface area contributed by atoms with Crippen LogP contribution in [0.25, 0.3) is 0 Å². The van der Waals surface area contributed by atoms with Gasteiger partial charge in [0.1, 0.15) is 29.5 Å². The molecular weight excluding hydrogens is 550 g/mol. The van der Waals surface area contributed by atoms with E-state index in [1.165, 1.54) is 0 Å². The largest absolute Gasteiger partial charge is 0.507 e. The van der Waals surface area contributed by atoms with Crippen LogP contribution in [0.2, 0.25) is 0 Å². The number of nitrogens with two attached hydrogens (primary N) is 1. The lowest BCUT2D eigenvalue weighted by Crippen LogP contribution is -2.69. The number of carbonyl (C=O) groups is 1. The molecule has 7 aliphatic rings. The fourth-order valence-electron chi connectivity index (χ4n) is 8.00. The first-order chi connectivity index (χ1) is 19.8. The molecule has 7 rings (SSSR count). The van der Waals surface area contributed by atoms with Gasteiger partial charge in [-0.1, -0.05) is 12.0 Å². The molecule has 2 bridgehead atoms. The highest BCUT2D eigenvalue weighted by molar-refractivity contribution is 8.00. The van der Waals surface area contributed by atoms with Gasteiger partial charge in [-0.2, -0.15) is 0 Å². The highest BCUT2D eigenvalue weighted by atomic mass is 32.2. The number of ketones is 1. The molecule has 10 nitrogen and oxygen atoms in total. The van der Waals surface area contributed by atoms with E-state index in [-0.39, 0.29) is 17.5 Å². The molecule has 3 N–H and O–H groups in total. The van der Waals surface area contributed by atoms with Crippen LogP contribution in [-0.4, -0.2) is 85.9 Å². The standard InChI is InChI=1S/C30H39NO9S/c1-15-13-17-21(22(33)20-16(23(17)34-2)9-8-10-18(20)32)24-19(15)25-26-30(39-24,41-12-7-5-6-11-31)28(14-37-28)29(38-25,40-26)27(35-3)36-4/h17,25-27,33H,5-14,31H2,1-4H3. The molecule has 4 heterocycles. The van der Waals surface area contributed by atoms with Crippen LogP contribution in [0.3, 0.4) is 0 Å². The number of unbranched alkanes of at least 4 members (excludes halogenated alkanes) is 2. The first kappa shape index (κ1) is 27.9. The summed E-state index contributed by atoms with van der Waals surface area (Å²) in [7, 11) is 4.77. The number of carbonyl (C=O) groups excluding carboxylic acids is 1. The zero-order chi connectivity index (χ0) is 28.7. The van der Waals surface area contributed by atoms with Crippen molar-refractivity contribution in [2.75, 3.05) is 40.2 Å². The van der Waals surface area contributed by atoms with E-state index in [0.29, 0.717) is 49.3 Å². The zero-order valence-corrected chi connectivity index (χ0v) is 24.9. The number of hydrogen-bond donors (Lipinski definition) is 2. The molecule has 1 saturated carbocycles. The summed E-state index contributed by atoms with van der Waals surface area (Å²) in [4.78, 5) is 12.2. The molecule has 224 valence electrons. The quantitative estimate of drug-likeness (QED) is 0.220. The van der Waals surface area contributed by atoms with Crippen molar-refractivity contribution in [1.29, 1.82) is 0 Å². The third-order valence-corrected chi connectivity index (χ3v) is 11.4. The Morgan fingerprint density at radius 3 is 2.59 bits per heavy atom. The van der Waals surface area contributed by atoms with E-state index in [0.717, 1.165) is 53.9 Å². The van der Waals surface area contributed by atoms with Gasteiger partial charge in [-0.15, -0.1) is 11.8 Å². The molecule has 4 aliphatic heterocycles. The zero-order valence-electron chi connectivity index (χ0n) is 24.1. The summed E-state index contributed by atoms with van der Waals surface area (Å²) in [5.74, 6) is 0.424. The van der Waals surface area contributed by atoms with Gasteiger partial charge in [-0.05, 0) is 51.3 Å². The number of thioether (sulfide) groups is 1. The third-order valence-electron chi connectivity index (χ3n) is 9.80. The van der Waals surface area contributed by atoms with Gasteiger partial charge >= 0.3 is 0 Å². The Hall–Kier alpha value is -1.86. The number of fused-ring (bicyclic) bond motifs is 7. The van der Waals surface area contributed by atoms with E-state index in [9.17, 15) is 9.90 Å². The number of Topliss-reactive ketones (excluding diaryl/α,β-unsaturated/α-hetero) is 1. The highest BCUT2D eigenvalue weighted by Gasteiger charge is 2.93. The van der Waals surface area contributed by atoms with Gasteiger partial charge in [-0.3, -0.25) is 4.79 Å². The fraction of sp³-hybridized carbons (Fsp3) is 0.700. The Balaban J connectivity index is 1.39. The van der Waals surface area contributed by atoms with Gasteiger partial charge in [-0.25, -0.2) is 0 Å². The monoisotopic (exact) mass is 589 g/mol. The second-order valence-electron chi connectivity index (χ2n) is 11.9. The summed E-state index contributed by atoms with van der Waals surface area (Å²) >= 11 is 1.67. The number of methoxy groups -OCH3 is 3. The van der Waals surface area contributed by atoms with Crippen molar-refractivity contribution >= 4 is 17.5 Å². The minimum absolute atomic E-state index is 0.000951. The van der Waals surface area contributed by atoms with Crippen LogP contribution < -0.4 is 5.73 Å². The van der Waals surface area contributed by atoms with Crippen molar-refractivity contribution in [1.82, 2.24) is 0 Å². The van der Waals surface area contributed by atoms with E-state index in [4.69, 9.17) is 38.9 Å². The maximum Gasteiger partial charge on any atom is 0.259 e. The number of rotatable bonds is 10. The average Bonchev–Trinajstić information content (AvgIpc) is 3.63. The molecule has 0 radical (unpaired) electrons. The van der Waals surface area contributed by atoms with Crippen molar-refractivity contribution in [2.45, 2.75) is 86.7 Å². The normalized spacial score (nSPS) is 38.6. The molecule has 1 spiro atoms. The molecule has 0 aromatic heterocycles. The van der Waals surface area contributed by atoms with Crippen molar-refractivity contribution in [2.24, 2.45) is 11.7 Å². The summed E-state index contributed by atoms with van der Waals surface area (Å²) in [5.41, 5.74) is 8.44. The Kier molecular flexibility index (Phi) is 6.70. The van der Waals surface area contributed by atoms with Crippen molar-refractivity contribution in [3.05, 3.63) is 45.1 Å². The lowest BCUT2D eigenvalue weighted by Gasteiger charge is -2.52. The maximum atomic E-state index is 13.2. The first-order valence-corrected chi connectivity index (χ1v) is 15.6. The number of ether oxygens (including phenoxy) is 7. The van der Waals surface area contributed by atoms with Crippen LogP contribution >= 0.6 is 11.8 Å². The SMILES string of the molecule is COC1=C2CCCC(=O)C2=C(O)C2=C3OC4(SCCCCCN)C5OC(C(OC)OC)(OC5C3=C(C)CC12)C41CO1. The Bertz CT molecular complexity index is 1290. The number of aliphatic hydroxyl groups is 1. The van der Waals surface area contributed by atoms with E-state index in [2.05, 4.69) is 6.92 Å². The fourth-order valence-corrected chi connectivity index (χ4v) is 9.62.